The molecule has 22 heavy (non-hydrogen) atoms. The largest absolute Gasteiger partial charge is 0.387 e. The number of rotatable bonds is 6. The first-order valence-electron chi connectivity index (χ1n) is 7.77. The summed E-state index contributed by atoms with van der Waals surface area (Å²) in [5, 5.41) is 29.5. The average Bonchev–Trinajstić information content (AvgIpc) is 2.36. The molecule has 1 fully saturated rings. The highest BCUT2D eigenvalue weighted by molar-refractivity contribution is 4.89. The Hall–Kier alpha value is -0.240. The van der Waals surface area contributed by atoms with Gasteiger partial charge in [-0.15, -0.1) is 0 Å². The maximum absolute atomic E-state index is 9.97. The molecular formula is C16H32O6. The molecule has 0 aliphatic carbocycles. The quantitative estimate of drug-likeness (QED) is 0.674. The van der Waals surface area contributed by atoms with Crippen LogP contribution in [0.4, 0.5) is 0 Å². The number of hydrogen-bond acceptors (Lipinski definition) is 6. The van der Waals surface area contributed by atoms with Gasteiger partial charge in [-0.1, -0.05) is 34.6 Å². The molecule has 1 aliphatic rings. The van der Waals surface area contributed by atoms with Crippen molar-refractivity contribution in [2.45, 2.75) is 71.7 Å². The second kappa shape index (κ2) is 7.55. The van der Waals surface area contributed by atoms with E-state index in [4.69, 9.17) is 14.2 Å². The van der Waals surface area contributed by atoms with Crippen LogP contribution in [0.25, 0.3) is 0 Å². The van der Waals surface area contributed by atoms with Crippen molar-refractivity contribution in [3.63, 3.8) is 0 Å². The highest BCUT2D eigenvalue weighted by atomic mass is 16.7. The lowest BCUT2D eigenvalue weighted by Crippen LogP contribution is -2.59. The molecule has 1 heterocycles. The van der Waals surface area contributed by atoms with Gasteiger partial charge in [-0.05, 0) is 17.3 Å². The molecule has 1 aliphatic heterocycles. The topological polar surface area (TPSA) is 88.4 Å². The van der Waals surface area contributed by atoms with Crippen molar-refractivity contribution in [1.29, 1.82) is 0 Å². The molecule has 0 radical (unpaired) electrons. The highest BCUT2D eigenvalue weighted by Crippen LogP contribution is 2.33. The fourth-order valence-electron chi connectivity index (χ4n) is 3.19. The molecule has 1 saturated heterocycles. The minimum Gasteiger partial charge on any atom is -0.387 e. The van der Waals surface area contributed by atoms with Gasteiger partial charge in [0, 0.05) is 7.11 Å². The Morgan fingerprint density at radius 1 is 0.955 bits per heavy atom. The zero-order valence-electron chi connectivity index (χ0n) is 14.6. The van der Waals surface area contributed by atoms with Crippen molar-refractivity contribution >= 4 is 0 Å². The fraction of sp³-hybridized carbons (Fsp3) is 1.00. The Kier molecular flexibility index (Phi) is 6.80. The molecule has 6 nitrogen and oxygen atoms in total. The molecule has 0 saturated carbocycles. The lowest BCUT2D eigenvalue weighted by molar-refractivity contribution is -0.297. The maximum atomic E-state index is 9.97. The lowest BCUT2D eigenvalue weighted by atomic mass is 9.77. The van der Waals surface area contributed by atoms with Gasteiger partial charge < -0.3 is 29.5 Å². The van der Waals surface area contributed by atoms with Gasteiger partial charge in [0.05, 0.1) is 13.2 Å². The van der Waals surface area contributed by atoms with Crippen molar-refractivity contribution in [2.24, 2.45) is 10.8 Å². The Bertz CT molecular complexity index is 336. The predicted molar refractivity (Wildman–Crippen MR) is 82.4 cm³/mol. The van der Waals surface area contributed by atoms with E-state index >= 15 is 0 Å². The first-order chi connectivity index (χ1) is 9.97. The van der Waals surface area contributed by atoms with Crippen LogP contribution in [0.3, 0.4) is 0 Å². The molecule has 3 N–H and O–H groups in total. The Morgan fingerprint density at radius 2 is 1.55 bits per heavy atom. The second-order valence-electron chi connectivity index (χ2n) is 8.17. The molecule has 132 valence electrons. The van der Waals surface area contributed by atoms with Crippen molar-refractivity contribution in [1.82, 2.24) is 0 Å². The van der Waals surface area contributed by atoms with Gasteiger partial charge in [-0.3, -0.25) is 0 Å². The summed E-state index contributed by atoms with van der Waals surface area (Å²) in [6.45, 7) is 11.5. The van der Waals surface area contributed by atoms with E-state index in [0.29, 0.717) is 6.61 Å². The first kappa shape index (κ1) is 19.8. The van der Waals surface area contributed by atoms with Gasteiger partial charge >= 0.3 is 0 Å². The monoisotopic (exact) mass is 320 g/mol. The van der Waals surface area contributed by atoms with Crippen LogP contribution in [-0.4, -0.2) is 66.3 Å². The van der Waals surface area contributed by atoms with Crippen molar-refractivity contribution in [3.05, 3.63) is 0 Å². The van der Waals surface area contributed by atoms with Crippen LogP contribution in [0.15, 0.2) is 0 Å². The van der Waals surface area contributed by atoms with Crippen LogP contribution in [0, 0.1) is 10.8 Å². The molecule has 6 heteroatoms. The number of methoxy groups -OCH3 is 1. The van der Waals surface area contributed by atoms with E-state index < -0.39 is 30.7 Å². The smallest absolute Gasteiger partial charge is 0.186 e. The summed E-state index contributed by atoms with van der Waals surface area (Å²) in [6, 6.07) is 0. The lowest BCUT2D eigenvalue weighted by Gasteiger charge is -2.40. The molecule has 0 aromatic heterocycles. The number of aliphatic hydroxyl groups is 3. The van der Waals surface area contributed by atoms with E-state index in [1.807, 2.05) is 0 Å². The van der Waals surface area contributed by atoms with Crippen LogP contribution in [0.5, 0.6) is 0 Å². The number of aliphatic hydroxyl groups excluding tert-OH is 3. The normalized spacial score (nSPS) is 34.0. The Morgan fingerprint density at radius 3 is 2.05 bits per heavy atom. The van der Waals surface area contributed by atoms with Crippen LogP contribution in [0.2, 0.25) is 0 Å². The molecule has 0 amide bonds. The third kappa shape index (κ3) is 5.76. The van der Waals surface area contributed by atoms with E-state index in [1.54, 1.807) is 0 Å². The summed E-state index contributed by atoms with van der Waals surface area (Å²) in [7, 11) is 1.38. The summed E-state index contributed by atoms with van der Waals surface area (Å²) in [5.41, 5.74) is 0.200. The molecule has 1 rings (SSSR count). The van der Waals surface area contributed by atoms with Crippen molar-refractivity contribution in [2.75, 3.05) is 20.3 Å². The maximum Gasteiger partial charge on any atom is 0.186 e. The third-order valence-corrected chi connectivity index (χ3v) is 3.68. The molecular weight excluding hydrogens is 288 g/mol. The van der Waals surface area contributed by atoms with Gasteiger partial charge in [0.25, 0.3) is 0 Å². The van der Waals surface area contributed by atoms with E-state index in [2.05, 4.69) is 34.6 Å². The van der Waals surface area contributed by atoms with Gasteiger partial charge in [0.1, 0.15) is 24.4 Å². The number of hydrogen-bond donors (Lipinski definition) is 3. The molecule has 5 unspecified atom stereocenters. The summed E-state index contributed by atoms with van der Waals surface area (Å²) in [5.74, 6) is 0. The minimum absolute atomic E-state index is 0.00332. The van der Waals surface area contributed by atoms with E-state index in [9.17, 15) is 15.3 Å². The van der Waals surface area contributed by atoms with E-state index in [1.165, 1.54) is 7.11 Å². The van der Waals surface area contributed by atoms with Crippen LogP contribution >= 0.6 is 0 Å². The zero-order valence-corrected chi connectivity index (χ0v) is 14.6. The summed E-state index contributed by atoms with van der Waals surface area (Å²) >= 11 is 0. The Labute approximate surface area is 133 Å². The standard InChI is InChI=1S/C16H32O6/c1-15(2,3)8-16(4,5)9-21-7-10-11(17)12(18)13(19)14(20-6)22-10/h10-14,17-19H,7-9H2,1-6H3. The fourth-order valence-corrected chi connectivity index (χ4v) is 3.19. The molecule has 5 atom stereocenters. The SMILES string of the molecule is COC1OC(COCC(C)(C)CC(C)(C)C)C(O)C(O)C1O. The highest BCUT2D eigenvalue weighted by Gasteiger charge is 2.44. The summed E-state index contributed by atoms with van der Waals surface area (Å²) in [6.07, 6.45) is -4.48. The third-order valence-electron chi connectivity index (χ3n) is 3.68. The van der Waals surface area contributed by atoms with Gasteiger partial charge in [0.2, 0.25) is 0 Å². The predicted octanol–water partition coefficient (Wildman–Crippen LogP) is 0.919. The Balaban J connectivity index is 2.50. The van der Waals surface area contributed by atoms with Crippen LogP contribution < -0.4 is 0 Å². The van der Waals surface area contributed by atoms with Gasteiger partial charge in [-0.2, -0.15) is 0 Å². The molecule has 0 bridgehead atoms. The van der Waals surface area contributed by atoms with Crippen LogP contribution in [0.1, 0.15) is 41.0 Å². The second-order valence-corrected chi connectivity index (χ2v) is 8.17. The van der Waals surface area contributed by atoms with Gasteiger partial charge in [0.15, 0.2) is 6.29 Å². The van der Waals surface area contributed by atoms with E-state index in [0.717, 1.165) is 6.42 Å². The van der Waals surface area contributed by atoms with Gasteiger partial charge in [-0.25, -0.2) is 0 Å². The summed E-state index contributed by atoms with van der Waals surface area (Å²) < 4.78 is 16.1. The zero-order chi connectivity index (χ0) is 17.1. The first-order valence-corrected chi connectivity index (χ1v) is 7.77. The average molecular weight is 320 g/mol. The van der Waals surface area contributed by atoms with E-state index in [-0.39, 0.29) is 17.4 Å². The molecule has 0 aromatic carbocycles. The molecule has 0 spiro atoms. The van der Waals surface area contributed by atoms with Crippen molar-refractivity contribution in [3.8, 4) is 0 Å². The summed E-state index contributed by atoms with van der Waals surface area (Å²) in [4.78, 5) is 0. The number of ether oxygens (including phenoxy) is 3. The van der Waals surface area contributed by atoms with Crippen molar-refractivity contribution < 1.29 is 29.5 Å². The minimum atomic E-state index is -1.31. The molecule has 0 aromatic rings. The van der Waals surface area contributed by atoms with Crippen LogP contribution in [-0.2, 0) is 14.2 Å².